The summed E-state index contributed by atoms with van der Waals surface area (Å²) in [5, 5.41) is 8.78. The lowest BCUT2D eigenvalue weighted by Gasteiger charge is -2.02. The maximum absolute atomic E-state index is 10.6. The molecule has 0 heterocycles. The molecule has 68 valence electrons. The monoisotopic (exact) mass is 199 g/mol. The topological polar surface area (TPSA) is 80.4 Å². The first-order valence-electron chi connectivity index (χ1n) is 3.33. The molecule has 4 nitrogen and oxygen atoms in total. The Bertz CT molecular complexity index is 376. The molecule has 1 rings (SSSR count). The number of nitrogen functional groups attached to an aromatic ring is 1. The van der Waals surface area contributed by atoms with Gasteiger partial charge < -0.3 is 10.8 Å². The van der Waals surface area contributed by atoms with Crippen molar-refractivity contribution in [1.82, 2.24) is 0 Å². The van der Waals surface area contributed by atoms with Crippen molar-refractivity contribution in [2.75, 3.05) is 5.73 Å². The van der Waals surface area contributed by atoms with Gasteiger partial charge in [-0.1, -0.05) is 11.6 Å². The number of carbonyl (C=O) groups excluding carboxylic acids is 1. The Morgan fingerprint density at radius 2 is 2.15 bits per heavy atom. The Hall–Kier alpha value is -1.55. The van der Waals surface area contributed by atoms with Crippen LogP contribution >= 0.6 is 11.6 Å². The van der Waals surface area contributed by atoms with Gasteiger partial charge in [0.25, 0.3) is 0 Å². The highest BCUT2D eigenvalue weighted by molar-refractivity contribution is 6.33. The normalized spacial score (nSPS) is 9.62. The van der Waals surface area contributed by atoms with Crippen molar-refractivity contribution in [3.8, 4) is 0 Å². The van der Waals surface area contributed by atoms with E-state index in [-0.39, 0.29) is 21.8 Å². The molecule has 0 amide bonds. The van der Waals surface area contributed by atoms with E-state index in [9.17, 15) is 9.59 Å². The number of anilines is 1. The highest BCUT2D eigenvalue weighted by Gasteiger charge is 2.11. The second kappa shape index (κ2) is 3.45. The summed E-state index contributed by atoms with van der Waals surface area (Å²) in [6.45, 7) is 0. The standard InChI is InChI=1S/C8H6ClNO3/c9-6-2-5(8(12)13)4(3-11)1-7(6)10/h1-3H,10H2,(H,12,13). The molecule has 0 saturated heterocycles. The van der Waals surface area contributed by atoms with Gasteiger partial charge >= 0.3 is 5.97 Å². The lowest BCUT2D eigenvalue weighted by atomic mass is 10.1. The Morgan fingerprint density at radius 3 is 2.62 bits per heavy atom. The van der Waals surface area contributed by atoms with Gasteiger partial charge in [-0.05, 0) is 12.1 Å². The van der Waals surface area contributed by atoms with Crippen LogP contribution in [0.4, 0.5) is 5.69 Å². The molecular weight excluding hydrogens is 194 g/mol. The summed E-state index contributed by atoms with van der Waals surface area (Å²) in [5.74, 6) is -1.20. The number of carboxylic acid groups (broad SMARTS) is 1. The lowest BCUT2D eigenvalue weighted by molar-refractivity contribution is 0.0694. The van der Waals surface area contributed by atoms with Crippen LogP contribution in [0.25, 0.3) is 0 Å². The molecule has 0 spiro atoms. The molecule has 0 aliphatic heterocycles. The summed E-state index contributed by atoms with van der Waals surface area (Å²) in [4.78, 5) is 21.0. The van der Waals surface area contributed by atoms with Crippen molar-refractivity contribution >= 4 is 29.5 Å². The number of aromatic carboxylic acids is 1. The van der Waals surface area contributed by atoms with Crippen LogP contribution in [0.3, 0.4) is 0 Å². The smallest absolute Gasteiger partial charge is 0.336 e. The van der Waals surface area contributed by atoms with Crippen LogP contribution in [0, 0.1) is 0 Å². The van der Waals surface area contributed by atoms with Crippen LogP contribution in [-0.4, -0.2) is 17.4 Å². The summed E-state index contributed by atoms with van der Waals surface area (Å²) >= 11 is 5.58. The van der Waals surface area contributed by atoms with Gasteiger partial charge in [-0.15, -0.1) is 0 Å². The van der Waals surface area contributed by atoms with E-state index in [1.54, 1.807) is 0 Å². The molecule has 0 unspecified atom stereocenters. The third-order valence-electron chi connectivity index (χ3n) is 1.53. The number of halogens is 1. The van der Waals surface area contributed by atoms with Crippen LogP contribution in [-0.2, 0) is 0 Å². The molecule has 3 N–H and O–H groups in total. The Balaban J connectivity index is 3.41. The number of benzene rings is 1. The lowest BCUT2D eigenvalue weighted by Crippen LogP contribution is -2.03. The maximum Gasteiger partial charge on any atom is 0.336 e. The molecule has 0 saturated carbocycles. The van der Waals surface area contributed by atoms with Crippen molar-refractivity contribution in [3.05, 3.63) is 28.3 Å². The molecule has 0 bridgehead atoms. The van der Waals surface area contributed by atoms with Crippen LogP contribution in [0.5, 0.6) is 0 Å². The van der Waals surface area contributed by atoms with E-state index >= 15 is 0 Å². The first-order chi connectivity index (χ1) is 6.06. The molecule has 0 aliphatic rings. The van der Waals surface area contributed by atoms with Gasteiger partial charge in [0.05, 0.1) is 16.3 Å². The van der Waals surface area contributed by atoms with Crippen LogP contribution in [0.1, 0.15) is 20.7 Å². The van der Waals surface area contributed by atoms with E-state index in [1.165, 1.54) is 6.07 Å². The first-order valence-corrected chi connectivity index (χ1v) is 3.71. The minimum Gasteiger partial charge on any atom is -0.478 e. The van der Waals surface area contributed by atoms with Crippen molar-refractivity contribution in [2.24, 2.45) is 0 Å². The Labute approximate surface area is 78.9 Å². The number of rotatable bonds is 2. The molecule has 13 heavy (non-hydrogen) atoms. The van der Waals surface area contributed by atoms with E-state index in [0.717, 1.165) is 6.07 Å². The zero-order valence-electron chi connectivity index (χ0n) is 6.45. The van der Waals surface area contributed by atoms with Gasteiger partial charge in [-0.3, -0.25) is 4.79 Å². The second-order valence-corrected chi connectivity index (χ2v) is 2.79. The molecule has 0 atom stereocenters. The van der Waals surface area contributed by atoms with Gasteiger partial charge in [0.1, 0.15) is 0 Å². The van der Waals surface area contributed by atoms with Gasteiger partial charge in [0.15, 0.2) is 6.29 Å². The van der Waals surface area contributed by atoms with Gasteiger partial charge in [0.2, 0.25) is 0 Å². The Morgan fingerprint density at radius 1 is 1.54 bits per heavy atom. The third kappa shape index (κ3) is 1.78. The van der Waals surface area contributed by atoms with E-state index in [0.29, 0.717) is 6.29 Å². The predicted octanol–water partition coefficient (Wildman–Crippen LogP) is 1.43. The van der Waals surface area contributed by atoms with E-state index in [4.69, 9.17) is 22.4 Å². The maximum atomic E-state index is 10.6. The van der Waals surface area contributed by atoms with Crippen molar-refractivity contribution < 1.29 is 14.7 Å². The van der Waals surface area contributed by atoms with Crippen molar-refractivity contribution in [3.63, 3.8) is 0 Å². The third-order valence-corrected chi connectivity index (χ3v) is 1.85. The molecule has 0 radical (unpaired) electrons. The first kappa shape index (κ1) is 9.54. The summed E-state index contributed by atoms with van der Waals surface area (Å²) in [7, 11) is 0. The Kier molecular flexibility index (Phi) is 2.53. The summed E-state index contributed by atoms with van der Waals surface area (Å²) in [6, 6.07) is 2.39. The zero-order chi connectivity index (χ0) is 10.0. The summed E-state index contributed by atoms with van der Waals surface area (Å²) < 4.78 is 0. The number of hydrogen-bond donors (Lipinski definition) is 2. The fourth-order valence-electron chi connectivity index (χ4n) is 0.890. The minimum atomic E-state index is -1.20. The number of hydrogen-bond acceptors (Lipinski definition) is 3. The summed E-state index contributed by atoms with van der Waals surface area (Å²) in [5.41, 5.74) is 5.45. The molecule has 0 fully saturated rings. The second-order valence-electron chi connectivity index (χ2n) is 2.38. The van der Waals surface area contributed by atoms with Crippen LogP contribution in [0.15, 0.2) is 12.1 Å². The SMILES string of the molecule is Nc1cc(C=O)c(C(=O)O)cc1Cl. The number of carboxylic acids is 1. The number of aldehydes is 1. The fraction of sp³-hybridized carbons (Fsp3) is 0. The number of nitrogens with two attached hydrogens (primary N) is 1. The average Bonchev–Trinajstić information content (AvgIpc) is 2.08. The molecule has 1 aromatic carbocycles. The fourth-order valence-corrected chi connectivity index (χ4v) is 1.05. The average molecular weight is 200 g/mol. The van der Waals surface area contributed by atoms with E-state index in [2.05, 4.69) is 0 Å². The van der Waals surface area contributed by atoms with Crippen LogP contribution < -0.4 is 5.73 Å². The van der Waals surface area contributed by atoms with Crippen LogP contribution in [0.2, 0.25) is 5.02 Å². The number of carbonyl (C=O) groups is 2. The van der Waals surface area contributed by atoms with Gasteiger partial charge in [-0.25, -0.2) is 4.79 Å². The molecule has 0 aromatic heterocycles. The largest absolute Gasteiger partial charge is 0.478 e. The highest BCUT2D eigenvalue weighted by atomic mass is 35.5. The van der Waals surface area contributed by atoms with Gasteiger partial charge in [-0.2, -0.15) is 0 Å². The van der Waals surface area contributed by atoms with E-state index in [1.807, 2.05) is 0 Å². The minimum absolute atomic E-state index is 0.0226. The quantitative estimate of drug-likeness (QED) is 0.558. The molecule has 1 aromatic rings. The van der Waals surface area contributed by atoms with Crippen molar-refractivity contribution in [2.45, 2.75) is 0 Å². The van der Waals surface area contributed by atoms with Gasteiger partial charge in [0, 0.05) is 5.56 Å². The molecule has 5 heteroatoms. The summed E-state index contributed by atoms with van der Waals surface area (Å²) in [6.07, 6.45) is 0.427. The van der Waals surface area contributed by atoms with E-state index < -0.39 is 5.97 Å². The molecular formula is C8H6ClNO3. The van der Waals surface area contributed by atoms with Crippen molar-refractivity contribution in [1.29, 1.82) is 0 Å². The zero-order valence-corrected chi connectivity index (χ0v) is 7.21. The predicted molar refractivity (Wildman–Crippen MR) is 48.2 cm³/mol. The molecule has 0 aliphatic carbocycles. The highest BCUT2D eigenvalue weighted by Crippen LogP contribution is 2.22.